The van der Waals surface area contributed by atoms with Crippen LogP contribution in [0.5, 0.6) is 0 Å². The van der Waals surface area contributed by atoms with Crippen LogP contribution in [0.2, 0.25) is 0 Å². The van der Waals surface area contributed by atoms with Gasteiger partial charge < -0.3 is 10.3 Å². The van der Waals surface area contributed by atoms with Crippen LogP contribution >= 0.6 is 0 Å². The molecule has 0 atom stereocenters. The maximum atomic E-state index is 11.8. The van der Waals surface area contributed by atoms with Gasteiger partial charge in [-0.25, -0.2) is 4.98 Å². The molecule has 0 bridgehead atoms. The Hall–Kier alpha value is -2.70. The van der Waals surface area contributed by atoms with Crippen molar-refractivity contribution in [1.29, 1.82) is 0 Å². The molecule has 0 amide bonds. The van der Waals surface area contributed by atoms with Crippen molar-refractivity contribution >= 4 is 11.5 Å². The van der Waals surface area contributed by atoms with Gasteiger partial charge in [-0.3, -0.25) is 14.9 Å². The van der Waals surface area contributed by atoms with Gasteiger partial charge in [0.25, 0.3) is 11.2 Å². The Balaban J connectivity index is 2.43. The molecular weight excluding hydrogens is 248 g/mol. The summed E-state index contributed by atoms with van der Waals surface area (Å²) in [4.78, 5) is 26.0. The van der Waals surface area contributed by atoms with Crippen molar-refractivity contribution in [3.05, 3.63) is 62.2 Å². The van der Waals surface area contributed by atoms with Crippen LogP contribution in [0.15, 0.2) is 35.4 Å². The quantitative estimate of drug-likeness (QED) is 0.657. The number of hydrogen-bond acceptors (Lipinski definition) is 5. The second kappa shape index (κ2) is 4.89. The number of nitrogen functional groups attached to an aromatic ring is 1. The molecule has 0 spiro atoms. The number of nitrogens with zero attached hydrogens (tertiary/aromatic N) is 3. The molecule has 0 saturated heterocycles. The molecule has 2 aromatic rings. The molecule has 2 heterocycles. The highest BCUT2D eigenvalue weighted by atomic mass is 16.6. The maximum absolute atomic E-state index is 11.8. The molecule has 19 heavy (non-hydrogen) atoms. The first-order valence-electron chi connectivity index (χ1n) is 5.53. The first-order chi connectivity index (χ1) is 8.97. The van der Waals surface area contributed by atoms with E-state index in [1.165, 1.54) is 30.0 Å². The highest BCUT2D eigenvalue weighted by Gasteiger charge is 2.13. The Morgan fingerprint density at radius 2 is 2.21 bits per heavy atom. The summed E-state index contributed by atoms with van der Waals surface area (Å²) < 4.78 is 1.28. The fourth-order valence-electron chi connectivity index (χ4n) is 1.76. The van der Waals surface area contributed by atoms with Gasteiger partial charge in [0, 0.05) is 17.8 Å². The zero-order chi connectivity index (χ0) is 14.0. The van der Waals surface area contributed by atoms with Crippen LogP contribution in [0.3, 0.4) is 0 Å². The van der Waals surface area contributed by atoms with Crippen LogP contribution in [0.25, 0.3) is 0 Å². The van der Waals surface area contributed by atoms with Gasteiger partial charge in [-0.2, -0.15) is 0 Å². The number of aromatic nitrogens is 2. The fourth-order valence-corrected chi connectivity index (χ4v) is 1.76. The third-order valence-electron chi connectivity index (χ3n) is 2.70. The average Bonchev–Trinajstić information content (AvgIpc) is 2.32. The molecule has 7 nitrogen and oxygen atoms in total. The molecule has 0 saturated carbocycles. The van der Waals surface area contributed by atoms with Crippen molar-refractivity contribution in [3.63, 3.8) is 0 Å². The van der Waals surface area contributed by atoms with Crippen molar-refractivity contribution in [2.45, 2.75) is 13.5 Å². The molecule has 98 valence electrons. The third kappa shape index (κ3) is 2.76. The minimum atomic E-state index is -0.508. The summed E-state index contributed by atoms with van der Waals surface area (Å²) in [5.74, 6) is 0.340. The second-order valence-corrected chi connectivity index (χ2v) is 4.15. The predicted octanol–water partition coefficient (Wildman–Crippen LogP) is 1.09. The number of nitro groups is 1. The molecule has 0 fully saturated rings. The van der Waals surface area contributed by atoms with E-state index in [-0.39, 0.29) is 17.8 Å². The van der Waals surface area contributed by atoms with Gasteiger partial charge in [0.15, 0.2) is 0 Å². The summed E-state index contributed by atoms with van der Waals surface area (Å²) in [6, 6.07) is 4.58. The Morgan fingerprint density at radius 3 is 2.84 bits per heavy atom. The Bertz CT molecular complexity index is 694. The van der Waals surface area contributed by atoms with E-state index in [9.17, 15) is 14.9 Å². The van der Waals surface area contributed by atoms with Crippen molar-refractivity contribution in [2.24, 2.45) is 0 Å². The lowest BCUT2D eigenvalue weighted by molar-refractivity contribution is -0.385. The SMILES string of the molecule is Cc1cc(=O)n(Cc2ccnc(N)c2)cc1[N+](=O)[O-]. The van der Waals surface area contributed by atoms with E-state index in [1.807, 2.05) is 0 Å². The Kier molecular flexibility index (Phi) is 3.28. The normalized spacial score (nSPS) is 10.4. The number of anilines is 1. The van der Waals surface area contributed by atoms with Gasteiger partial charge in [0.1, 0.15) is 5.82 Å². The van der Waals surface area contributed by atoms with Gasteiger partial charge in [-0.1, -0.05) is 0 Å². The first-order valence-corrected chi connectivity index (χ1v) is 5.53. The summed E-state index contributed by atoms with van der Waals surface area (Å²) in [6.07, 6.45) is 2.77. The molecular formula is C12H12N4O3. The first kappa shape index (κ1) is 12.7. The van der Waals surface area contributed by atoms with Crippen molar-refractivity contribution in [2.75, 3.05) is 5.73 Å². The standard InChI is InChI=1S/C12H12N4O3/c1-8-4-12(17)15(7-10(8)16(18)19)6-9-2-3-14-11(13)5-9/h2-5,7H,6H2,1H3,(H2,13,14). The van der Waals surface area contributed by atoms with Crippen LogP contribution in [0.1, 0.15) is 11.1 Å². The second-order valence-electron chi connectivity index (χ2n) is 4.15. The highest BCUT2D eigenvalue weighted by Crippen LogP contribution is 2.15. The lowest BCUT2D eigenvalue weighted by Gasteiger charge is -2.07. The van der Waals surface area contributed by atoms with Crippen LogP contribution in [0.4, 0.5) is 11.5 Å². The molecule has 0 radical (unpaired) electrons. The number of pyridine rings is 2. The Labute approximate surface area is 108 Å². The van der Waals surface area contributed by atoms with E-state index in [2.05, 4.69) is 4.98 Å². The van der Waals surface area contributed by atoms with Crippen LogP contribution in [-0.2, 0) is 6.54 Å². The van der Waals surface area contributed by atoms with Crippen molar-refractivity contribution < 1.29 is 4.92 Å². The van der Waals surface area contributed by atoms with E-state index in [1.54, 1.807) is 12.1 Å². The van der Waals surface area contributed by atoms with E-state index in [4.69, 9.17) is 5.73 Å². The van der Waals surface area contributed by atoms with Gasteiger partial charge in [-0.15, -0.1) is 0 Å². The average molecular weight is 260 g/mol. The molecule has 0 unspecified atom stereocenters. The van der Waals surface area contributed by atoms with Crippen molar-refractivity contribution in [3.8, 4) is 0 Å². The lowest BCUT2D eigenvalue weighted by Crippen LogP contribution is -2.20. The minimum absolute atomic E-state index is 0.0818. The van der Waals surface area contributed by atoms with E-state index in [0.717, 1.165) is 5.56 Å². The zero-order valence-corrected chi connectivity index (χ0v) is 10.2. The number of nitrogens with two attached hydrogens (primary N) is 1. The zero-order valence-electron chi connectivity index (χ0n) is 10.2. The maximum Gasteiger partial charge on any atom is 0.288 e. The van der Waals surface area contributed by atoms with Crippen LogP contribution < -0.4 is 11.3 Å². The van der Waals surface area contributed by atoms with E-state index >= 15 is 0 Å². The lowest BCUT2D eigenvalue weighted by atomic mass is 10.2. The molecule has 7 heteroatoms. The monoisotopic (exact) mass is 260 g/mol. The van der Waals surface area contributed by atoms with Gasteiger partial charge in [0.05, 0.1) is 17.7 Å². The van der Waals surface area contributed by atoms with Gasteiger partial charge >= 0.3 is 0 Å². The minimum Gasteiger partial charge on any atom is -0.384 e. The number of aryl methyl sites for hydroxylation is 1. The molecule has 0 aromatic carbocycles. The summed E-state index contributed by atoms with van der Waals surface area (Å²) in [5, 5.41) is 10.9. The van der Waals surface area contributed by atoms with Gasteiger partial charge in [-0.05, 0) is 24.6 Å². The third-order valence-corrected chi connectivity index (χ3v) is 2.70. The molecule has 0 aliphatic heterocycles. The summed E-state index contributed by atoms with van der Waals surface area (Å²) >= 11 is 0. The smallest absolute Gasteiger partial charge is 0.288 e. The Morgan fingerprint density at radius 1 is 1.47 bits per heavy atom. The number of rotatable bonds is 3. The number of hydrogen-bond donors (Lipinski definition) is 1. The summed E-state index contributed by atoms with van der Waals surface area (Å²) in [5.41, 5.74) is 6.28. The van der Waals surface area contributed by atoms with E-state index in [0.29, 0.717) is 11.4 Å². The molecule has 2 aromatic heterocycles. The van der Waals surface area contributed by atoms with Crippen LogP contribution in [0, 0.1) is 17.0 Å². The fraction of sp³-hybridized carbons (Fsp3) is 0.167. The summed E-state index contributed by atoms with van der Waals surface area (Å²) in [6.45, 7) is 1.75. The largest absolute Gasteiger partial charge is 0.384 e. The van der Waals surface area contributed by atoms with Gasteiger partial charge in [0.2, 0.25) is 0 Å². The molecule has 2 N–H and O–H groups in total. The topological polar surface area (TPSA) is 104 Å². The predicted molar refractivity (Wildman–Crippen MR) is 69.8 cm³/mol. The molecule has 0 aliphatic carbocycles. The summed E-state index contributed by atoms with van der Waals surface area (Å²) in [7, 11) is 0. The van der Waals surface area contributed by atoms with Crippen LogP contribution in [-0.4, -0.2) is 14.5 Å². The molecule has 0 aliphatic rings. The van der Waals surface area contributed by atoms with E-state index < -0.39 is 4.92 Å². The molecule has 2 rings (SSSR count). The highest BCUT2D eigenvalue weighted by molar-refractivity contribution is 5.37. The van der Waals surface area contributed by atoms with Crippen molar-refractivity contribution in [1.82, 2.24) is 9.55 Å².